The Morgan fingerprint density at radius 1 is 1.30 bits per heavy atom. The van der Waals surface area contributed by atoms with Gasteiger partial charge in [-0.3, -0.25) is 14.7 Å². The molecule has 1 aromatic heterocycles. The lowest BCUT2D eigenvalue weighted by Gasteiger charge is -2.20. The summed E-state index contributed by atoms with van der Waals surface area (Å²) < 4.78 is 0. The second kappa shape index (κ2) is 7.07. The fourth-order valence-corrected chi connectivity index (χ4v) is 2.39. The molecule has 0 spiro atoms. The first-order chi connectivity index (χ1) is 9.66. The Morgan fingerprint density at radius 2 is 2.00 bits per heavy atom. The summed E-state index contributed by atoms with van der Waals surface area (Å²) in [6.07, 6.45) is 4.95. The van der Waals surface area contributed by atoms with Crippen LogP contribution in [0.3, 0.4) is 0 Å². The molecule has 0 aliphatic carbocycles. The third-order valence-corrected chi connectivity index (χ3v) is 3.52. The van der Waals surface area contributed by atoms with Crippen molar-refractivity contribution in [2.45, 2.75) is 39.0 Å². The van der Waals surface area contributed by atoms with Crippen molar-refractivity contribution in [2.24, 2.45) is 0 Å². The van der Waals surface area contributed by atoms with Gasteiger partial charge in [0.25, 0.3) is 5.91 Å². The zero-order valence-corrected chi connectivity index (χ0v) is 11.9. The van der Waals surface area contributed by atoms with Crippen molar-refractivity contribution in [3.8, 4) is 0 Å². The first-order valence-corrected chi connectivity index (χ1v) is 7.25. The molecule has 1 aromatic rings. The highest BCUT2D eigenvalue weighted by Crippen LogP contribution is 2.10. The standard InChI is InChI=1S/C14H22N4O2/c1-11-10-12(17-16-11)14(20)15-7-6-13(19)18-8-4-2-3-5-9-18/h10H,2-9H2,1H3,(H,15,20)(H,16,17). The number of rotatable bonds is 4. The molecule has 6 nitrogen and oxygen atoms in total. The van der Waals surface area contributed by atoms with E-state index in [2.05, 4.69) is 15.5 Å². The summed E-state index contributed by atoms with van der Waals surface area (Å²) in [5.74, 6) is -0.108. The highest BCUT2D eigenvalue weighted by molar-refractivity contribution is 5.92. The number of carbonyl (C=O) groups excluding carboxylic acids is 2. The molecule has 0 atom stereocenters. The minimum Gasteiger partial charge on any atom is -0.350 e. The van der Waals surface area contributed by atoms with Crippen molar-refractivity contribution in [2.75, 3.05) is 19.6 Å². The van der Waals surface area contributed by atoms with Gasteiger partial charge in [0, 0.05) is 31.7 Å². The molecule has 110 valence electrons. The zero-order valence-electron chi connectivity index (χ0n) is 11.9. The summed E-state index contributed by atoms with van der Waals surface area (Å²) in [6.45, 7) is 3.91. The topological polar surface area (TPSA) is 78.1 Å². The van der Waals surface area contributed by atoms with Crippen LogP contribution >= 0.6 is 0 Å². The molecule has 1 saturated heterocycles. The van der Waals surface area contributed by atoms with Gasteiger partial charge in [0.2, 0.25) is 5.91 Å². The number of nitrogens with zero attached hydrogens (tertiary/aromatic N) is 2. The summed E-state index contributed by atoms with van der Waals surface area (Å²) in [7, 11) is 0. The lowest BCUT2D eigenvalue weighted by Crippen LogP contribution is -2.35. The van der Waals surface area contributed by atoms with Crippen molar-refractivity contribution in [1.29, 1.82) is 0 Å². The maximum atomic E-state index is 12.0. The summed E-state index contributed by atoms with van der Waals surface area (Å²) in [4.78, 5) is 25.7. The van der Waals surface area contributed by atoms with Crippen LogP contribution in [0.1, 0.15) is 48.3 Å². The molecular formula is C14H22N4O2. The second-order valence-corrected chi connectivity index (χ2v) is 5.24. The summed E-state index contributed by atoms with van der Waals surface area (Å²) >= 11 is 0. The van der Waals surface area contributed by atoms with Crippen molar-refractivity contribution in [3.05, 3.63) is 17.5 Å². The molecule has 0 bridgehead atoms. The monoisotopic (exact) mass is 278 g/mol. The van der Waals surface area contributed by atoms with Gasteiger partial charge in [0.1, 0.15) is 5.69 Å². The highest BCUT2D eigenvalue weighted by Gasteiger charge is 2.15. The molecule has 2 N–H and O–H groups in total. The van der Waals surface area contributed by atoms with Crippen LogP contribution in [0.5, 0.6) is 0 Å². The quantitative estimate of drug-likeness (QED) is 0.870. The number of hydrogen-bond acceptors (Lipinski definition) is 3. The van der Waals surface area contributed by atoms with Gasteiger partial charge < -0.3 is 10.2 Å². The van der Waals surface area contributed by atoms with E-state index in [0.717, 1.165) is 31.6 Å². The van der Waals surface area contributed by atoms with Gasteiger partial charge in [0.15, 0.2) is 0 Å². The van der Waals surface area contributed by atoms with Gasteiger partial charge >= 0.3 is 0 Å². The van der Waals surface area contributed by atoms with E-state index >= 15 is 0 Å². The molecule has 2 heterocycles. The van der Waals surface area contributed by atoms with E-state index < -0.39 is 0 Å². The number of hydrogen-bond donors (Lipinski definition) is 2. The first-order valence-electron chi connectivity index (χ1n) is 7.25. The predicted octanol–water partition coefficient (Wildman–Crippen LogP) is 1.24. The van der Waals surface area contributed by atoms with Gasteiger partial charge in [-0.1, -0.05) is 12.8 Å². The maximum Gasteiger partial charge on any atom is 0.271 e. The van der Waals surface area contributed by atoms with Crippen molar-refractivity contribution >= 4 is 11.8 Å². The predicted molar refractivity (Wildman–Crippen MR) is 75.3 cm³/mol. The van der Waals surface area contributed by atoms with Gasteiger partial charge in [-0.05, 0) is 25.8 Å². The van der Waals surface area contributed by atoms with E-state index in [0.29, 0.717) is 18.7 Å². The lowest BCUT2D eigenvalue weighted by atomic mass is 10.2. The molecule has 2 rings (SSSR count). The van der Waals surface area contributed by atoms with E-state index in [1.165, 1.54) is 12.8 Å². The van der Waals surface area contributed by atoms with Crippen LogP contribution in [0.2, 0.25) is 0 Å². The number of H-pyrrole nitrogens is 1. The van der Waals surface area contributed by atoms with Gasteiger partial charge in [-0.15, -0.1) is 0 Å². The minimum atomic E-state index is -0.238. The van der Waals surface area contributed by atoms with Crippen LogP contribution in [0.15, 0.2) is 6.07 Å². The minimum absolute atomic E-state index is 0.130. The summed E-state index contributed by atoms with van der Waals surface area (Å²) in [5, 5.41) is 9.33. The number of aromatic amines is 1. The fraction of sp³-hybridized carbons (Fsp3) is 0.643. The first kappa shape index (κ1) is 14.6. The molecule has 1 aliphatic rings. The van der Waals surface area contributed by atoms with Crippen molar-refractivity contribution in [1.82, 2.24) is 20.4 Å². The van der Waals surface area contributed by atoms with Gasteiger partial charge in [0.05, 0.1) is 0 Å². The van der Waals surface area contributed by atoms with E-state index in [1.807, 2.05) is 11.8 Å². The molecule has 0 radical (unpaired) electrons. The van der Waals surface area contributed by atoms with E-state index in [-0.39, 0.29) is 11.8 Å². The fourth-order valence-electron chi connectivity index (χ4n) is 2.39. The van der Waals surface area contributed by atoms with Gasteiger partial charge in [-0.2, -0.15) is 5.10 Å². The van der Waals surface area contributed by atoms with Crippen LogP contribution in [0.4, 0.5) is 0 Å². The smallest absolute Gasteiger partial charge is 0.271 e. The Morgan fingerprint density at radius 3 is 2.60 bits per heavy atom. The molecule has 6 heteroatoms. The number of carbonyl (C=O) groups is 2. The third-order valence-electron chi connectivity index (χ3n) is 3.52. The van der Waals surface area contributed by atoms with E-state index in [9.17, 15) is 9.59 Å². The van der Waals surface area contributed by atoms with E-state index in [4.69, 9.17) is 0 Å². The van der Waals surface area contributed by atoms with Gasteiger partial charge in [-0.25, -0.2) is 0 Å². The average molecular weight is 278 g/mol. The van der Waals surface area contributed by atoms with Crippen LogP contribution in [0, 0.1) is 6.92 Å². The second-order valence-electron chi connectivity index (χ2n) is 5.24. The largest absolute Gasteiger partial charge is 0.350 e. The average Bonchev–Trinajstić information content (AvgIpc) is 2.71. The van der Waals surface area contributed by atoms with Crippen molar-refractivity contribution in [3.63, 3.8) is 0 Å². The lowest BCUT2D eigenvalue weighted by molar-refractivity contribution is -0.131. The number of amides is 2. The molecule has 0 unspecified atom stereocenters. The number of nitrogens with one attached hydrogen (secondary N) is 2. The SMILES string of the molecule is Cc1cc(C(=O)NCCC(=O)N2CCCCCC2)n[nH]1. The van der Waals surface area contributed by atoms with Crippen LogP contribution in [-0.2, 0) is 4.79 Å². The Kier molecular flexibility index (Phi) is 5.15. The molecule has 1 fully saturated rings. The number of likely N-dealkylation sites (tertiary alicyclic amines) is 1. The highest BCUT2D eigenvalue weighted by atomic mass is 16.2. The number of aryl methyl sites for hydroxylation is 1. The Labute approximate surface area is 118 Å². The molecule has 0 aromatic carbocycles. The Balaban J connectivity index is 1.72. The molecule has 20 heavy (non-hydrogen) atoms. The maximum absolute atomic E-state index is 12.0. The van der Waals surface area contributed by atoms with Crippen LogP contribution in [-0.4, -0.2) is 46.5 Å². The Bertz CT molecular complexity index is 461. The molecular weight excluding hydrogens is 256 g/mol. The van der Waals surface area contributed by atoms with E-state index in [1.54, 1.807) is 6.07 Å². The number of aromatic nitrogens is 2. The summed E-state index contributed by atoms with van der Waals surface area (Å²) in [6, 6.07) is 1.69. The zero-order chi connectivity index (χ0) is 14.4. The summed E-state index contributed by atoms with van der Waals surface area (Å²) in [5.41, 5.74) is 1.21. The van der Waals surface area contributed by atoms with Crippen LogP contribution < -0.4 is 5.32 Å². The van der Waals surface area contributed by atoms with Crippen LogP contribution in [0.25, 0.3) is 0 Å². The van der Waals surface area contributed by atoms with Crippen molar-refractivity contribution < 1.29 is 9.59 Å². The molecule has 0 saturated carbocycles. The third kappa shape index (κ3) is 4.08. The Hall–Kier alpha value is -1.85. The molecule has 2 amide bonds. The molecule has 1 aliphatic heterocycles. The normalized spacial score (nSPS) is 15.8.